The minimum absolute atomic E-state index is 0.238. The van der Waals surface area contributed by atoms with Crippen LogP contribution in [0.4, 0.5) is 5.69 Å². The number of fused-ring (bicyclic) bond motifs is 2. The van der Waals surface area contributed by atoms with E-state index < -0.39 is 0 Å². The molecule has 1 aliphatic carbocycles. The highest BCUT2D eigenvalue weighted by Crippen LogP contribution is 2.35. The zero-order valence-electron chi connectivity index (χ0n) is 15.5. The first kappa shape index (κ1) is 16.8. The molecule has 1 unspecified atom stereocenters. The first-order valence-electron chi connectivity index (χ1n) is 8.96. The van der Waals surface area contributed by atoms with Gasteiger partial charge >= 0.3 is 0 Å². The molecule has 0 spiro atoms. The summed E-state index contributed by atoms with van der Waals surface area (Å²) in [7, 11) is 3.66. The number of aromatic nitrogens is 2. The second-order valence-corrected chi connectivity index (χ2v) is 6.94. The summed E-state index contributed by atoms with van der Waals surface area (Å²) in [6.07, 6.45) is 5.66. The molecule has 0 saturated carbocycles. The number of nitrogens with zero attached hydrogens (tertiary/aromatic N) is 2. The third-order valence-electron chi connectivity index (χ3n) is 5.46. The maximum Gasteiger partial charge on any atom is 0.0961 e. The van der Waals surface area contributed by atoms with E-state index >= 15 is 0 Å². The van der Waals surface area contributed by atoms with Crippen LogP contribution in [0.25, 0.3) is 11.0 Å². The van der Waals surface area contributed by atoms with Gasteiger partial charge in [-0.05, 0) is 54.2 Å². The molecule has 2 aromatic carbocycles. The smallest absolute Gasteiger partial charge is 0.0961 e. The van der Waals surface area contributed by atoms with Gasteiger partial charge in [0, 0.05) is 38.2 Å². The maximum absolute atomic E-state index is 7.66. The summed E-state index contributed by atoms with van der Waals surface area (Å²) in [6.45, 7) is 2.95. The Morgan fingerprint density at radius 1 is 1.35 bits per heavy atom. The van der Waals surface area contributed by atoms with Crippen molar-refractivity contribution < 1.29 is 4.74 Å². The van der Waals surface area contributed by atoms with Crippen LogP contribution in [0.1, 0.15) is 40.3 Å². The fraction of sp³-hybridized carbons (Fsp3) is 0.333. The molecule has 0 saturated heterocycles. The number of aryl methyl sites for hydroxylation is 2. The predicted octanol–water partition coefficient (Wildman–Crippen LogP) is 4.07. The Balaban J connectivity index is 1.73. The van der Waals surface area contributed by atoms with Crippen molar-refractivity contribution in [1.29, 1.82) is 5.41 Å². The van der Waals surface area contributed by atoms with E-state index in [9.17, 15) is 0 Å². The highest BCUT2D eigenvalue weighted by atomic mass is 16.5. The van der Waals surface area contributed by atoms with Crippen LogP contribution >= 0.6 is 0 Å². The summed E-state index contributed by atoms with van der Waals surface area (Å²) in [4.78, 5) is 4.55. The van der Waals surface area contributed by atoms with E-state index in [-0.39, 0.29) is 6.10 Å². The summed E-state index contributed by atoms with van der Waals surface area (Å²) in [5, 5.41) is 10.8. The number of nitrogens with one attached hydrogen (secondary N) is 2. The number of anilines is 1. The molecule has 0 bridgehead atoms. The van der Waals surface area contributed by atoms with E-state index in [1.54, 1.807) is 7.11 Å². The van der Waals surface area contributed by atoms with Gasteiger partial charge in [0.05, 0.1) is 23.5 Å². The van der Waals surface area contributed by atoms with Crippen LogP contribution in [0.15, 0.2) is 30.6 Å². The van der Waals surface area contributed by atoms with Gasteiger partial charge in [-0.15, -0.1) is 0 Å². The predicted molar refractivity (Wildman–Crippen MR) is 106 cm³/mol. The summed E-state index contributed by atoms with van der Waals surface area (Å²) < 4.78 is 7.77. The molecule has 1 aromatic heterocycles. The van der Waals surface area contributed by atoms with E-state index in [4.69, 9.17) is 10.1 Å². The summed E-state index contributed by atoms with van der Waals surface area (Å²) in [6, 6.07) is 8.65. The summed E-state index contributed by atoms with van der Waals surface area (Å²) in [5.74, 6) is 0. The van der Waals surface area contributed by atoms with E-state index in [1.807, 2.05) is 25.5 Å². The summed E-state index contributed by atoms with van der Waals surface area (Å²) in [5.41, 5.74) is 9.14. The lowest BCUT2D eigenvalue weighted by atomic mass is 10.00. The zero-order valence-corrected chi connectivity index (χ0v) is 15.5. The Morgan fingerprint density at radius 2 is 2.19 bits per heavy atom. The van der Waals surface area contributed by atoms with Crippen molar-refractivity contribution in [3.05, 3.63) is 58.4 Å². The Labute approximate surface area is 153 Å². The van der Waals surface area contributed by atoms with Gasteiger partial charge in [0.1, 0.15) is 0 Å². The van der Waals surface area contributed by atoms with Crippen molar-refractivity contribution >= 4 is 22.9 Å². The number of hydrogen-bond acceptors (Lipinski definition) is 4. The zero-order chi connectivity index (χ0) is 18.3. The molecule has 3 aromatic rings. The summed E-state index contributed by atoms with van der Waals surface area (Å²) >= 11 is 0. The second-order valence-electron chi connectivity index (χ2n) is 6.94. The van der Waals surface area contributed by atoms with Crippen molar-refractivity contribution in [1.82, 2.24) is 9.55 Å². The van der Waals surface area contributed by atoms with Gasteiger partial charge in [0.2, 0.25) is 0 Å². The molecule has 5 heteroatoms. The molecule has 4 rings (SSSR count). The molecular weight excluding hydrogens is 324 g/mol. The number of rotatable bonds is 5. The van der Waals surface area contributed by atoms with Crippen LogP contribution in [-0.4, -0.2) is 29.9 Å². The standard InChI is InChI=1S/C21H24N4O/c1-13-6-17-14(4-5-21(17)26-3)7-16(13)11-25-12-24-19-9-18(23-2)15(10-22)8-20(19)25/h6-10,12,21-23H,4-5,11H2,1-3H3. The molecule has 1 heterocycles. The topological polar surface area (TPSA) is 62.9 Å². The largest absolute Gasteiger partial charge is 0.388 e. The monoisotopic (exact) mass is 348 g/mol. The minimum Gasteiger partial charge on any atom is -0.388 e. The van der Waals surface area contributed by atoms with Gasteiger partial charge in [0.25, 0.3) is 0 Å². The Kier molecular flexibility index (Phi) is 4.24. The van der Waals surface area contributed by atoms with Crippen LogP contribution in [0.2, 0.25) is 0 Å². The lowest BCUT2D eigenvalue weighted by Crippen LogP contribution is -2.03. The normalized spacial score (nSPS) is 16.0. The third kappa shape index (κ3) is 2.69. The van der Waals surface area contributed by atoms with Crippen LogP contribution in [-0.2, 0) is 17.7 Å². The van der Waals surface area contributed by atoms with Crippen molar-refractivity contribution in [2.24, 2.45) is 0 Å². The van der Waals surface area contributed by atoms with Gasteiger partial charge in [-0.1, -0.05) is 12.1 Å². The van der Waals surface area contributed by atoms with Gasteiger partial charge in [-0.25, -0.2) is 4.98 Å². The Morgan fingerprint density at radius 3 is 2.92 bits per heavy atom. The van der Waals surface area contributed by atoms with E-state index in [1.165, 1.54) is 28.5 Å². The van der Waals surface area contributed by atoms with Crippen molar-refractivity contribution in [3.63, 3.8) is 0 Å². The van der Waals surface area contributed by atoms with E-state index in [0.29, 0.717) is 0 Å². The van der Waals surface area contributed by atoms with Crippen LogP contribution in [0, 0.1) is 12.3 Å². The SMILES string of the molecule is CNc1cc2ncn(Cc3cc4c(cc3C)C(OC)CC4)c2cc1C=N. The minimum atomic E-state index is 0.238. The number of methoxy groups -OCH3 is 1. The van der Waals surface area contributed by atoms with Gasteiger partial charge in [-0.2, -0.15) is 0 Å². The Bertz CT molecular complexity index is 989. The number of ether oxygens (including phenoxy) is 1. The molecule has 0 amide bonds. The quantitative estimate of drug-likeness (QED) is 0.683. The van der Waals surface area contributed by atoms with Crippen LogP contribution in [0.5, 0.6) is 0 Å². The molecule has 0 aliphatic heterocycles. The highest BCUT2D eigenvalue weighted by Gasteiger charge is 2.23. The fourth-order valence-electron chi connectivity index (χ4n) is 3.97. The molecule has 5 nitrogen and oxygen atoms in total. The molecule has 0 radical (unpaired) electrons. The van der Waals surface area contributed by atoms with E-state index in [0.717, 1.165) is 41.7 Å². The van der Waals surface area contributed by atoms with Crippen molar-refractivity contribution in [2.45, 2.75) is 32.4 Å². The molecule has 2 N–H and O–H groups in total. The number of hydrogen-bond donors (Lipinski definition) is 2. The average Bonchev–Trinajstić information content (AvgIpc) is 3.24. The third-order valence-corrected chi connectivity index (χ3v) is 5.46. The lowest BCUT2D eigenvalue weighted by Gasteiger charge is -2.14. The molecule has 0 fully saturated rings. The highest BCUT2D eigenvalue weighted by molar-refractivity contribution is 5.93. The van der Waals surface area contributed by atoms with Crippen molar-refractivity contribution in [2.75, 3.05) is 19.5 Å². The lowest BCUT2D eigenvalue weighted by molar-refractivity contribution is 0.105. The molecule has 26 heavy (non-hydrogen) atoms. The Hall–Kier alpha value is -2.66. The first-order valence-corrected chi connectivity index (χ1v) is 8.96. The van der Waals surface area contributed by atoms with Crippen molar-refractivity contribution in [3.8, 4) is 0 Å². The molecule has 134 valence electrons. The van der Waals surface area contributed by atoms with Gasteiger partial charge in [-0.3, -0.25) is 0 Å². The average molecular weight is 348 g/mol. The second kappa shape index (κ2) is 6.57. The first-order chi connectivity index (χ1) is 12.6. The van der Waals surface area contributed by atoms with Gasteiger partial charge < -0.3 is 20.0 Å². The number of imidazole rings is 1. The number of benzene rings is 2. The van der Waals surface area contributed by atoms with Gasteiger partial charge in [0.15, 0.2) is 0 Å². The molecule has 1 atom stereocenters. The van der Waals surface area contributed by atoms with E-state index in [2.05, 4.69) is 33.9 Å². The van der Waals surface area contributed by atoms with Crippen LogP contribution < -0.4 is 5.32 Å². The molecule has 1 aliphatic rings. The molecular formula is C21H24N4O. The maximum atomic E-state index is 7.66. The van der Waals surface area contributed by atoms with Crippen LogP contribution in [0.3, 0.4) is 0 Å². The fourth-order valence-corrected chi connectivity index (χ4v) is 3.97.